The number of ether oxygens (including phenoxy) is 1. The van der Waals surface area contributed by atoms with Crippen LogP contribution in [-0.4, -0.2) is 48.2 Å². The van der Waals surface area contributed by atoms with Gasteiger partial charge in [-0.05, 0) is 37.5 Å². The molecular weight excluding hydrogens is 406 g/mol. The van der Waals surface area contributed by atoms with E-state index < -0.39 is 6.09 Å². The van der Waals surface area contributed by atoms with Crippen LogP contribution in [0.1, 0.15) is 41.2 Å². The van der Waals surface area contributed by atoms with Crippen LogP contribution >= 0.6 is 11.6 Å². The minimum Gasteiger partial charge on any atom is -0.449 e. The molecule has 0 atom stereocenters. The van der Waals surface area contributed by atoms with Crippen molar-refractivity contribution in [2.75, 3.05) is 26.4 Å². The summed E-state index contributed by atoms with van der Waals surface area (Å²) in [5.74, 6) is 5.66. The molecule has 160 valence electrons. The predicted octanol–water partition coefficient (Wildman–Crippen LogP) is 2.93. The fraction of sp³-hybridized carbons (Fsp3) is 0.381. The molecule has 9 heteroatoms. The zero-order valence-electron chi connectivity index (χ0n) is 16.7. The van der Waals surface area contributed by atoms with Crippen LogP contribution in [0.5, 0.6) is 0 Å². The summed E-state index contributed by atoms with van der Waals surface area (Å²) in [6.45, 7) is 4.44. The van der Waals surface area contributed by atoms with Crippen molar-refractivity contribution in [3.05, 3.63) is 53.2 Å². The summed E-state index contributed by atoms with van der Waals surface area (Å²) >= 11 is 6.40. The number of fused-ring (bicyclic) bond motifs is 1. The summed E-state index contributed by atoms with van der Waals surface area (Å²) in [7, 11) is 0. The summed E-state index contributed by atoms with van der Waals surface area (Å²) < 4.78 is 4.98. The summed E-state index contributed by atoms with van der Waals surface area (Å²) in [4.78, 5) is 30.8. The van der Waals surface area contributed by atoms with Gasteiger partial charge in [-0.1, -0.05) is 23.7 Å². The van der Waals surface area contributed by atoms with Gasteiger partial charge in [0.1, 0.15) is 0 Å². The van der Waals surface area contributed by atoms with Crippen LogP contribution in [0.4, 0.5) is 4.79 Å². The maximum absolute atomic E-state index is 13.0. The molecule has 1 fully saturated rings. The molecule has 1 heterocycles. The number of carbonyl (C=O) groups is 2. The van der Waals surface area contributed by atoms with Gasteiger partial charge in [-0.3, -0.25) is 15.6 Å². The number of nitrogens with zero attached hydrogens (tertiary/aromatic N) is 2. The fourth-order valence-electron chi connectivity index (χ4n) is 3.05. The minimum atomic E-state index is -0.540. The number of halogens is 1. The van der Waals surface area contributed by atoms with Crippen LogP contribution in [0.2, 0.25) is 5.02 Å². The summed E-state index contributed by atoms with van der Waals surface area (Å²) in [6.07, 6.45) is 3.94. The average molecular weight is 432 g/mol. The Morgan fingerprint density at radius 1 is 1.37 bits per heavy atom. The van der Waals surface area contributed by atoms with Gasteiger partial charge in [-0.25, -0.2) is 10.2 Å². The number of benzene rings is 1. The topological polar surface area (TPSA) is 110 Å². The molecule has 0 unspecified atom stereocenters. The fourth-order valence-corrected chi connectivity index (χ4v) is 3.32. The first kappa shape index (κ1) is 22.0. The quantitative estimate of drug-likeness (QED) is 0.175. The van der Waals surface area contributed by atoms with E-state index in [1.807, 2.05) is 6.07 Å². The number of alkyl carbamates (subject to hydrolysis) is 1. The number of amides is 2. The van der Waals surface area contributed by atoms with Crippen LogP contribution in [0.25, 0.3) is 10.9 Å². The highest BCUT2D eigenvalue weighted by Gasteiger charge is 2.26. The number of hydrazine groups is 1. The normalized spacial score (nSPS) is 13.1. The number of nitrogens with two attached hydrogens (primary N) is 1. The Morgan fingerprint density at radius 3 is 2.87 bits per heavy atom. The van der Waals surface area contributed by atoms with Crippen LogP contribution in [-0.2, 0) is 4.74 Å². The molecule has 2 aromatic rings. The van der Waals surface area contributed by atoms with E-state index in [-0.39, 0.29) is 32.3 Å². The number of aromatic nitrogens is 1. The molecule has 0 saturated heterocycles. The molecule has 0 aliphatic heterocycles. The Kier molecular flexibility index (Phi) is 7.62. The molecule has 8 nitrogen and oxygen atoms in total. The maximum atomic E-state index is 13.0. The van der Waals surface area contributed by atoms with Crippen molar-refractivity contribution < 1.29 is 14.3 Å². The average Bonchev–Trinajstić information content (AvgIpc) is 3.58. The third-order valence-corrected chi connectivity index (χ3v) is 5.11. The molecule has 1 aromatic carbocycles. The molecule has 0 bridgehead atoms. The third kappa shape index (κ3) is 5.69. The molecule has 0 radical (unpaired) electrons. The van der Waals surface area contributed by atoms with Crippen LogP contribution in [0.3, 0.4) is 0 Å². The van der Waals surface area contributed by atoms with Gasteiger partial charge >= 0.3 is 6.09 Å². The largest absolute Gasteiger partial charge is 0.449 e. The molecule has 1 aliphatic rings. The van der Waals surface area contributed by atoms with E-state index in [0.29, 0.717) is 28.4 Å². The van der Waals surface area contributed by atoms with Crippen molar-refractivity contribution in [3.63, 3.8) is 0 Å². The van der Waals surface area contributed by atoms with Crippen LogP contribution in [0.15, 0.2) is 36.9 Å². The second-order valence-electron chi connectivity index (χ2n) is 7.11. The second-order valence-corrected chi connectivity index (χ2v) is 7.51. The van der Waals surface area contributed by atoms with E-state index >= 15 is 0 Å². The molecule has 4 N–H and O–H groups in total. The van der Waals surface area contributed by atoms with Crippen molar-refractivity contribution in [2.45, 2.75) is 25.2 Å². The lowest BCUT2D eigenvalue weighted by molar-refractivity contribution is 0.0740. The lowest BCUT2D eigenvalue weighted by Crippen LogP contribution is -2.45. The third-order valence-electron chi connectivity index (χ3n) is 4.80. The monoisotopic (exact) mass is 431 g/mol. The maximum Gasteiger partial charge on any atom is 0.407 e. The van der Waals surface area contributed by atoms with E-state index in [0.717, 1.165) is 23.9 Å². The van der Waals surface area contributed by atoms with E-state index in [1.54, 1.807) is 24.3 Å². The van der Waals surface area contributed by atoms with Gasteiger partial charge in [0, 0.05) is 35.7 Å². The zero-order chi connectivity index (χ0) is 21.5. The van der Waals surface area contributed by atoms with Crippen molar-refractivity contribution >= 4 is 34.5 Å². The van der Waals surface area contributed by atoms with Gasteiger partial charge in [-0.15, -0.1) is 6.58 Å². The molecule has 1 aromatic heterocycles. The number of rotatable bonds is 10. The number of pyridine rings is 1. The van der Waals surface area contributed by atoms with E-state index in [2.05, 4.69) is 17.3 Å². The molecule has 1 aliphatic carbocycles. The van der Waals surface area contributed by atoms with E-state index in [1.165, 1.54) is 4.90 Å². The first-order valence-electron chi connectivity index (χ1n) is 9.88. The molecule has 1 saturated carbocycles. The molecule has 3 rings (SSSR count). The van der Waals surface area contributed by atoms with Gasteiger partial charge in [0.05, 0.1) is 23.8 Å². The van der Waals surface area contributed by atoms with Crippen molar-refractivity contribution in [1.29, 1.82) is 0 Å². The Balaban J connectivity index is 1.67. The molecular formula is C21H26ClN5O3. The van der Waals surface area contributed by atoms with Crippen molar-refractivity contribution in [2.24, 2.45) is 5.84 Å². The highest BCUT2D eigenvalue weighted by atomic mass is 35.5. The predicted molar refractivity (Wildman–Crippen MR) is 116 cm³/mol. The Bertz CT molecular complexity index is 932. The first-order valence-corrected chi connectivity index (χ1v) is 10.3. The van der Waals surface area contributed by atoms with Gasteiger partial charge in [0.2, 0.25) is 0 Å². The number of hydrogen-bond donors (Lipinski definition) is 3. The van der Waals surface area contributed by atoms with Crippen LogP contribution in [0, 0.1) is 0 Å². The lowest BCUT2D eigenvalue weighted by Gasteiger charge is -2.22. The van der Waals surface area contributed by atoms with Gasteiger partial charge < -0.3 is 15.0 Å². The van der Waals surface area contributed by atoms with Crippen molar-refractivity contribution in [1.82, 2.24) is 20.6 Å². The number of carbonyl (C=O) groups excluding carboxylic acids is 2. The first-order chi connectivity index (χ1) is 14.5. The molecule has 0 spiro atoms. The Hall–Kier alpha value is -2.68. The van der Waals surface area contributed by atoms with Gasteiger partial charge in [-0.2, -0.15) is 0 Å². The minimum absolute atomic E-state index is 0.125. The Labute approximate surface area is 180 Å². The summed E-state index contributed by atoms with van der Waals surface area (Å²) in [5.41, 5.74) is 4.63. The highest BCUT2D eigenvalue weighted by molar-refractivity contribution is 6.35. The van der Waals surface area contributed by atoms with Gasteiger partial charge in [0.25, 0.3) is 5.91 Å². The summed E-state index contributed by atoms with van der Waals surface area (Å²) in [6, 6.07) is 7.18. The standard InChI is InChI=1S/C21H26ClN5O3/c1-2-3-10-30-21(29)24-8-9-27(13-25-23)20(28)15-6-7-16-17(22)12-18(14-4-5-14)26-19(16)11-15/h2,6-7,11-12,14,25H,1,3-5,8-10,13,23H2,(H,24,29). The molecule has 30 heavy (non-hydrogen) atoms. The van der Waals surface area contributed by atoms with E-state index in [4.69, 9.17) is 27.2 Å². The van der Waals surface area contributed by atoms with Crippen molar-refractivity contribution in [3.8, 4) is 0 Å². The lowest BCUT2D eigenvalue weighted by atomic mass is 10.1. The second kappa shape index (κ2) is 10.4. The highest BCUT2D eigenvalue weighted by Crippen LogP contribution is 2.41. The number of nitrogens with one attached hydrogen (secondary N) is 2. The van der Waals surface area contributed by atoms with E-state index in [9.17, 15) is 9.59 Å². The molecule has 2 amide bonds. The number of hydrogen-bond acceptors (Lipinski definition) is 6. The zero-order valence-corrected chi connectivity index (χ0v) is 17.5. The smallest absolute Gasteiger partial charge is 0.407 e. The van der Waals surface area contributed by atoms with Crippen LogP contribution < -0.4 is 16.6 Å². The summed E-state index contributed by atoms with van der Waals surface area (Å²) in [5, 5.41) is 4.06. The SMILES string of the molecule is C=CCCOC(=O)NCCN(CNN)C(=O)c1ccc2c(Cl)cc(C3CC3)nc2c1. The Morgan fingerprint density at radius 2 is 2.17 bits per heavy atom. The van der Waals surface area contributed by atoms with Gasteiger partial charge in [0.15, 0.2) is 0 Å².